The van der Waals surface area contributed by atoms with Crippen LogP contribution in [0.4, 0.5) is 0 Å². The molecular formula is C11H7Cl2NO3. The Hall–Kier alpha value is -1.10. The second-order valence-corrected chi connectivity index (χ2v) is 4.80. The molecule has 1 atom stereocenters. The van der Waals surface area contributed by atoms with Gasteiger partial charge >= 0.3 is 0 Å². The van der Waals surface area contributed by atoms with Crippen LogP contribution in [0.5, 0.6) is 0 Å². The van der Waals surface area contributed by atoms with Gasteiger partial charge in [0.2, 0.25) is 0 Å². The third-order valence-corrected chi connectivity index (χ3v) is 3.68. The van der Waals surface area contributed by atoms with Gasteiger partial charge in [-0.3, -0.25) is 14.9 Å². The van der Waals surface area contributed by atoms with Gasteiger partial charge in [0, 0.05) is 6.42 Å². The Labute approximate surface area is 107 Å². The van der Waals surface area contributed by atoms with E-state index in [1.807, 2.05) is 0 Å². The van der Waals surface area contributed by atoms with Crippen molar-refractivity contribution >= 4 is 35.0 Å². The lowest BCUT2D eigenvalue weighted by atomic mass is 9.99. The Bertz CT molecular complexity index is 552. The molecule has 1 saturated heterocycles. The average molecular weight is 272 g/mol. The number of benzene rings is 1. The zero-order chi connectivity index (χ0) is 12.2. The summed E-state index contributed by atoms with van der Waals surface area (Å²) in [6.45, 7) is 0.646. The summed E-state index contributed by atoms with van der Waals surface area (Å²) in [6.07, 6.45) is 0.571. The first-order valence-corrected chi connectivity index (χ1v) is 5.81. The smallest absolute Gasteiger partial charge is 0.259 e. The quantitative estimate of drug-likeness (QED) is 0.660. The Morgan fingerprint density at radius 2 is 2.06 bits per heavy atom. The third-order valence-electron chi connectivity index (χ3n) is 2.85. The first-order valence-electron chi connectivity index (χ1n) is 5.06. The minimum Gasteiger partial charge on any atom is -0.373 e. The lowest BCUT2D eigenvalue weighted by Crippen LogP contribution is -2.20. The molecule has 2 heterocycles. The number of epoxide rings is 1. The predicted molar refractivity (Wildman–Crippen MR) is 61.7 cm³/mol. The number of carbonyl (C=O) groups is 2. The van der Waals surface area contributed by atoms with Crippen molar-refractivity contribution in [3.8, 4) is 0 Å². The van der Waals surface area contributed by atoms with Crippen LogP contribution < -0.4 is 5.32 Å². The van der Waals surface area contributed by atoms with E-state index in [1.54, 1.807) is 0 Å². The molecule has 1 fully saturated rings. The van der Waals surface area contributed by atoms with Crippen LogP contribution in [0.25, 0.3) is 0 Å². The van der Waals surface area contributed by atoms with Crippen molar-refractivity contribution in [2.75, 3.05) is 6.61 Å². The van der Waals surface area contributed by atoms with Crippen molar-refractivity contribution in [3.05, 3.63) is 32.8 Å². The van der Waals surface area contributed by atoms with Crippen LogP contribution in [0.1, 0.15) is 26.3 Å². The van der Waals surface area contributed by atoms with Crippen molar-refractivity contribution < 1.29 is 14.3 Å². The lowest BCUT2D eigenvalue weighted by molar-refractivity contribution is 0.0879. The maximum absolute atomic E-state index is 11.7. The van der Waals surface area contributed by atoms with Crippen molar-refractivity contribution in [1.82, 2.24) is 5.32 Å². The van der Waals surface area contributed by atoms with Crippen molar-refractivity contribution in [1.29, 1.82) is 0 Å². The number of imide groups is 1. The highest BCUT2D eigenvalue weighted by molar-refractivity contribution is 6.43. The van der Waals surface area contributed by atoms with Gasteiger partial charge in [0.25, 0.3) is 11.8 Å². The molecule has 0 saturated carbocycles. The molecule has 17 heavy (non-hydrogen) atoms. The number of nitrogens with one attached hydrogen (secondary N) is 1. The fourth-order valence-electron chi connectivity index (χ4n) is 1.96. The summed E-state index contributed by atoms with van der Waals surface area (Å²) >= 11 is 12.0. The molecule has 0 aliphatic carbocycles. The second-order valence-electron chi connectivity index (χ2n) is 4.02. The highest BCUT2D eigenvalue weighted by atomic mass is 35.5. The molecule has 0 aromatic heterocycles. The zero-order valence-corrected chi connectivity index (χ0v) is 10.1. The van der Waals surface area contributed by atoms with Gasteiger partial charge in [0.1, 0.15) is 0 Å². The van der Waals surface area contributed by atoms with E-state index < -0.39 is 11.8 Å². The van der Waals surface area contributed by atoms with Crippen LogP contribution in [-0.4, -0.2) is 24.5 Å². The fraction of sp³-hybridized carbons (Fsp3) is 0.273. The summed E-state index contributed by atoms with van der Waals surface area (Å²) in [5.74, 6) is -0.847. The van der Waals surface area contributed by atoms with E-state index in [0.29, 0.717) is 34.7 Å². The van der Waals surface area contributed by atoms with E-state index in [0.717, 1.165) is 0 Å². The maximum atomic E-state index is 11.7. The molecule has 1 aromatic carbocycles. The monoisotopic (exact) mass is 271 g/mol. The summed E-state index contributed by atoms with van der Waals surface area (Å²) in [7, 11) is 0. The number of rotatable bonds is 2. The number of ether oxygens (including phenoxy) is 1. The third kappa shape index (κ3) is 1.73. The molecule has 1 N–H and O–H groups in total. The van der Waals surface area contributed by atoms with Gasteiger partial charge in [0.05, 0.1) is 33.9 Å². The Morgan fingerprint density at radius 1 is 1.35 bits per heavy atom. The number of hydrogen-bond acceptors (Lipinski definition) is 3. The number of fused-ring (bicyclic) bond motifs is 1. The van der Waals surface area contributed by atoms with Crippen molar-refractivity contribution in [2.45, 2.75) is 12.5 Å². The number of carbonyl (C=O) groups excluding carboxylic acids is 2. The summed E-state index contributed by atoms with van der Waals surface area (Å²) < 4.78 is 5.11. The van der Waals surface area contributed by atoms with Gasteiger partial charge in [-0.1, -0.05) is 23.2 Å². The Morgan fingerprint density at radius 3 is 2.71 bits per heavy atom. The van der Waals surface area contributed by atoms with E-state index in [1.165, 1.54) is 6.07 Å². The number of halogens is 2. The predicted octanol–water partition coefficient (Wildman–Crippen LogP) is 1.82. The van der Waals surface area contributed by atoms with Crippen molar-refractivity contribution in [2.24, 2.45) is 0 Å². The van der Waals surface area contributed by atoms with Crippen LogP contribution in [0.15, 0.2) is 6.07 Å². The minimum absolute atomic E-state index is 0.0681. The van der Waals surface area contributed by atoms with Crippen LogP contribution >= 0.6 is 23.2 Å². The molecule has 88 valence electrons. The molecular weight excluding hydrogens is 265 g/mol. The van der Waals surface area contributed by atoms with E-state index in [2.05, 4.69) is 5.32 Å². The lowest BCUT2D eigenvalue weighted by Gasteiger charge is -2.08. The van der Waals surface area contributed by atoms with Gasteiger partial charge in [0.15, 0.2) is 0 Å². The van der Waals surface area contributed by atoms with Crippen LogP contribution in [0, 0.1) is 0 Å². The van der Waals surface area contributed by atoms with E-state index in [9.17, 15) is 9.59 Å². The molecule has 2 aliphatic rings. The molecule has 3 rings (SSSR count). The molecule has 4 nitrogen and oxygen atoms in total. The summed E-state index contributed by atoms with van der Waals surface area (Å²) in [4.78, 5) is 23.2. The maximum Gasteiger partial charge on any atom is 0.259 e. The normalized spacial score (nSPS) is 21.4. The van der Waals surface area contributed by atoms with Gasteiger partial charge < -0.3 is 4.74 Å². The molecule has 0 spiro atoms. The van der Waals surface area contributed by atoms with Gasteiger partial charge in [-0.25, -0.2) is 0 Å². The summed E-state index contributed by atoms with van der Waals surface area (Å²) in [5.41, 5.74) is 1.22. The highest BCUT2D eigenvalue weighted by Crippen LogP contribution is 2.35. The average Bonchev–Trinajstić information content (AvgIpc) is 3.03. The van der Waals surface area contributed by atoms with Gasteiger partial charge in [-0.05, 0) is 11.6 Å². The van der Waals surface area contributed by atoms with E-state index >= 15 is 0 Å². The fourth-order valence-corrected chi connectivity index (χ4v) is 2.40. The molecule has 6 heteroatoms. The van der Waals surface area contributed by atoms with Crippen LogP contribution in [0.2, 0.25) is 10.0 Å². The number of amides is 2. The minimum atomic E-state index is -0.429. The molecule has 2 aliphatic heterocycles. The largest absolute Gasteiger partial charge is 0.373 e. The molecule has 0 radical (unpaired) electrons. The highest BCUT2D eigenvalue weighted by Gasteiger charge is 2.34. The first kappa shape index (κ1) is 11.0. The topological polar surface area (TPSA) is 58.7 Å². The molecule has 1 unspecified atom stereocenters. The van der Waals surface area contributed by atoms with Crippen LogP contribution in [-0.2, 0) is 11.2 Å². The van der Waals surface area contributed by atoms with E-state index in [4.69, 9.17) is 27.9 Å². The second kappa shape index (κ2) is 3.70. The van der Waals surface area contributed by atoms with Crippen molar-refractivity contribution in [3.63, 3.8) is 0 Å². The Kier molecular flexibility index (Phi) is 2.40. The van der Waals surface area contributed by atoms with Gasteiger partial charge in [-0.2, -0.15) is 0 Å². The SMILES string of the molecule is O=C1NC(=O)c2c1cc(Cl)c(Cl)c2CC1CO1. The van der Waals surface area contributed by atoms with Crippen LogP contribution in [0.3, 0.4) is 0 Å². The number of hydrogen-bond donors (Lipinski definition) is 1. The zero-order valence-electron chi connectivity index (χ0n) is 8.55. The summed E-state index contributed by atoms with van der Waals surface area (Å²) in [6, 6.07) is 1.43. The first-order chi connectivity index (χ1) is 8.08. The van der Waals surface area contributed by atoms with E-state index in [-0.39, 0.29) is 11.1 Å². The van der Waals surface area contributed by atoms with Gasteiger partial charge in [-0.15, -0.1) is 0 Å². The summed E-state index contributed by atoms with van der Waals surface area (Å²) in [5, 5.41) is 2.84. The standard InChI is InChI=1S/C11H7Cl2NO3/c12-7-2-6-8(11(16)14-10(6)15)5(9(7)13)1-4-3-17-4/h2,4H,1,3H2,(H,14,15,16). The molecule has 1 aromatic rings. The molecule has 0 bridgehead atoms. The Balaban J connectivity index is 2.20. The molecule has 2 amide bonds.